The van der Waals surface area contributed by atoms with Gasteiger partial charge in [-0.25, -0.2) is 4.39 Å². The zero-order valence-corrected chi connectivity index (χ0v) is 13.8. The summed E-state index contributed by atoms with van der Waals surface area (Å²) in [4.78, 5) is 13.0. The number of likely N-dealkylation sites (N-methyl/N-ethyl adjacent to an activating group) is 1. The Labute approximate surface area is 145 Å². The van der Waals surface area contributed by atoms with Crippen LogP contribution in [-0.4, -0.2) is 24.7 Å². The fourth-order valence-corrected chi connectivity index (χ4v) is 2.55. The summed E-state index contributed by atoms with van der Waals surface area (Å²) in [6.45, 7) is 0.789. The van der Waals surface area contributed by atoms with Crippen LogP contribution in [0.5, 0.6) is 0 Å². The number of hydrogen-bond donors (Lipinski definition) is 2. The second kappa shape index (κ2) is 7.72. The van der Waals surface area contributed by atoms with Crippen LogP contribution >= 0.6 is 0 Å². The lowest BCUT2D eigenvalue weighted by molar-refractivity contribution is -0.885. The average Bonchev–Trinajstić information content (AvgIpc) is 3.03. The summed E-state index contributed by atoms with van der Waals surface area (Å²) in [7, 11) is 1.89. The van der Waals surface area contributed by atoms with E-state index in [-0.39, 0.29) is 18.3 Å². The van der Waals surface area contributed by atoms with E-state index in [0.717, 1.165) is 16.2 Å². The van der Waals surface area contributed by atoms with Gasteiger partial charge in [0, 0.05) is 17.3 Å². The molecule has 0 saturated carbocycles. The predicted octanol–water partition coefficient (Wildman–Crippen LogP) is 2.13. The van der Waals surface area contributed by atoms with Gasteiger partial charge in [-0.05, 0) is 18.2 Å². The molecule has 0 bridgehead atoms. The van der Waals surface area contributed by atoms with E-state index < -0.39 is 0 Å². The number of rotatable bonds is 6. The summed E-state index contributed by atoms with van der Waals surface area (Å²) in [6.07, 6.45) is 0. The SMILES string of the molecule is C[NH+](CC(=O)Nc1cccc(F)c1)Cc1cc(-c2ccccc2)on1. The van der Waals surface area contributed by atoms with E-state index in [1.54, 1.807) is 12.1 Å². The number of nitrogens with one attached hydrogen (secondary N) is 2. The molecule has 2 N–H and O–H groups in total. The highest BCUT2D eigenvalue weighted by Crippen LogP contribution is 2.19. The number of anilines is 1. The number of aromatic nitrogens is 1. The average molecular weight is 340 g/mol. The first-order chi connectivity index (χ1) is 12.1. The van der Waals surface area contributed by atoms with Crippen LogP contribution in [0.1, 0.15) is 5.69 Å². The van der Waals surface area contributed by atoms with Crippen LogP contribution in [0.3, 0.4) is 0 Å². The number of hydrogen-bond acceptors (Lipinski definition) is 3. The topological polar surface area (TPSA) is 59.6 Å². The number of amides is 1. The molecule has 0 aliphatic rings. The van der Waals surface area contributed by atoms with Gasteiger partial charge in [-0.15, -0.1) is 0 Å². The molecule has 0 saturated heterocycles. The summed E-state index contributed by atoms with van der Waals surface area (Å²) < 4.78 is 18.5. The molecular formula is C19H19FN3O2+. The molecule has 5 nitrogen and oxygen atoms in total. The third kappa shape index (κ3) is 4.74. The van der Waals surface area contributed by atoms with Gasteiger partial charge in [0.1, 0.15) is 18.1 Å². The Morgan fingerprint density at radius 2 is 1.96 bits per heavy atom. The second-order valence-corrected chi connectivity index (χ2v) is 5.92. The van der Waals surface area contributed by atoms with E-state index in [0.29, 0.717) is 18.0 Å². The normalized spacial score (nSPS) is 11.9. The molecule has 1 atom stereocenters. The Balaban J connectivity index is 1.55. The van der Waals surface area contributed by atoms with Gasteiger partial charge in [0.15, 0.2) is 12.3 Å². The molecule has 6 heteroatoms. The van der Waals surface area contributed by atoms with Crippen molar-refractivity contribution in [3.8, 4) is 11.3 Å². The number of benzene rings is 2. The van der Waals surface area contributed by atoms with Gasteiger partial charge in [0.25, 0.3) is 5.91 Å². The van der Waals surface area contributed by atoms with Crippen molar-refractivity contribution in [2.24, 2.45) is 0 Å². The zero-order chi connectivity index (χ0) is 17.6. The van der Waals surface area contributed by atoms with Gasteiger partial charge < -0.3 is 14.7 Å². The van der Waals surface area contributed by atoms with Crippen molar-refractivity contribution in [2.75, 3.05) is 18.9 Å². The fraction of sp³-hybridized carbons (Fsp3) is 0.158. The van der Waals surface area contributed by atoms with Crippen LogP contribution in [0.2, 0.25) is 0 Å². The van der Waals surface area contributed by atoms with E-state index >= 15 is 0 Å². The monoisotopic (exact) mass is 340 g/mol. The van der Waals surface area contributed by atoms with E-state index in [2.05, 4.69) is 10.5 Å². The lowest BCUT2D eigenvalue weighted by Crippen LogP contribution is -3.08. The van der Waals surface area contributed by atoms with Crippen molar-refractivity contribution in [1.82, 2.24) is 5.16 Å². The third-order valence-electron chi connectivity index (χ3n) is 3.67. The molecule has 3 rings (SSSR count). The van der Waals surface area contributed by atoms with Crippen LogP contribution in [-0.2, 0) is 11.3 Å². The van der Waals surface area contributed by atoms with E-state index in [9.17, 15) is 9.18 Å². The number of carbonyl (C=O) groups excluding carboxylic acids is 1. The zero-order valence-electron chi connectivity index (χ0n) is 13.8. The lowest BCUT2D eigenvalue weighted by atomic mass is 10.1. The summed E-state index contributed by atoms with van der Waals surface area (Å²) in [5.74, 6) is 0.136. The van der Waals surface area contributed by atoms with Crippen molar-refractivity contribution in [1.29, 1.82) is 0 Å². The Morgan fingerprint density at radius 1 is 1.16 bits per heavy atom. The molecule has 2 aromatic carbocycles. The summed E-state index contributed by atoms with van der Waals surface area (Å²) in [5.41, 5.74) is 2.18. The van der Waals surface area contributed by atoms with Crippen molar-refractivity contribution in [3.05, 3.63) is 72.2 Å². The maximum atomic E-state index is 13.1. The minimum atomic E-state index is -0.380. The molecule has 1 amide bonds. The number of carbonyl (C=O) groups is 1. The first kappa shape index (κ1) is 16.9. The molecule has 1 heterocycles. The molecule has 128 valence electrons. The van der Waals surface area contributed by atoms with Gasteiger partial charge in [-0.2, -0.15) is 0 Å². The molecule has 25 heavy (non-hydrogen) atoms. The van der Waals surface area contributed by atoms with Crippen molar-refractivity contribution in [2.45, 2.75) is 6.54 Å². The molecule has 3 aromatic rings. The van der Waals surface area contributed by atoms with E-state index in [4.69, 9.17) is 4.52 Å². The molecular weight excluding hydrogens is 321 g/mol. The van der Waals surface area contributed by atoms with Gasteiger partial charge in [-0.1, -0.05) is 41.6 Å². The minimum absolute atomic E-state index is 0.185. The molecule has 0 aliphatic heterocycles. The maximum absolute atomic E-state index is 13.1. The fourth-order valence-electron chi connectivity index (χ4n) is 2.55. The minimum Gasteiger partial charge on any atom is -0.356 e. The molecule has 0 aliphatic carbocycles. The van der Waals surface area contributed by atoms with E-state index in [1.165, 1.54) is 12.1 Å². The Bertz CT molecular complexity index is 849. The first-order valence-corrected chi connectivity index (χ1v) is 7.98. The van der Waals surface area contributed by atoms with Crippen LogP contribution in [0.15, 0.2) is 65.2 Å². The predicted molar refractivity (Wildman–Crippen MR) is 92.4 cm³/mol. The molecule has 0 fully saturated rings. The molecule has 0 radical (unpaired) electrons. The molecule has 1 unspecified atom stereocenters. The smallest absolute Gasteiger partial charge is 0.279 e. The van der Waals surface area contributed by atoms with Crippen molar-refractivity contribution in [3.63, 3.8) is 0 Å². The Kier molecular flexibility index (Phi) is 5.20. The Morgan fingerprint density at radius 3 is 2.72 bits per heavy atom. The highest BCUT2D eigenvalue weighted by molar-refractivity contribution is 5.91. The maximum Gasteiger partial charge on any atom is 0.279 e. The summed E-state index contributed by atoms with van der Waals surface area (Å²) in [5, 5.41) is 6.75. The molecule has 1 aromatic heterocycles. The third-order valence-corrected chi connectivity index (χ3v) is 3.67. The highest BCUT2D eigenvalue weighted by atomic mass is 19.1. The summed E-state index contributed by atoms with van der Waals surface area (Å²) in [6, 6.07) is 17.4. The van der Waals surface area contributed by atoms with Crippen LogP contribution in [0.4, 0.5) is 10.1 Å². The largest absolute Gasteiger partial charge is 0.356 e. The van der Waals surface area contributed by atoms with Crippen molar-refractivity contribution >= 4 is 11.6 Å². The van der Waals surface area contributed by atoms with Gasteiger partial charge in [0.05, 0.1) is 7.05 Å². The standard InChI is InChI=1S/C19H18FN3O2/c1-23(13-19(24)21-16-9-5-8-15(20)10-16)12-17-11-18(25-22-17)14-6-3-2-4-7-14/h2-11H,12-13H2,1H3,(H,21,24)/p+1. The summed E-state index contributed by atoms with van der Waals surface area (Å²) >= 11 is 0. The van der Waals surface area contributed by atoms with Crippen LogP contribution in [0.25, 0.3) is 11.3 Å². The lowest BCUT2D eigenvalue weighted by Gasteiger charge is -2.12. The van der Waals surface area contributed by atoms with Gasteiger partial charge in [-0.3, -0.25) is 4.79 Å². The first-order valence-electron chi connectivity index (χ1n) is 7.98. The molecule has 0 spiro atoms. The quantitative estimate of drug-likeness (QED) is 0.723. The van der Waals surface area contributed by atoms with Crippen LogP contribution < -0.4 is 10.2 Å². The van der Waals surface area contributed by atoms with Crippen molar-refractivity contribution < 1.29 is 18.6 Å². The number of quaternary nitrogens is 1. The Hall–Kier alpha value is -2.99. The number of nitrogens with zero attached hydrogens (tertiary/aromatic N) is 1. The second-order valence-electron chi connectivity index (χ2n) is 5.92. The van der Waals surface area contributed by atoms with Crippen LogP contribution in [0, 0.1) is 5.82 Å². The highest BCUT2D eigenvalue weighted by Gasteiger charge is 2.14. The number of halogens is 1. The van der Waals surface area contributed by atoms with Gasteiger partial charge in [0.2, 0.25) is 0 Å². The van der Waals surface area contributed by atoms with E-state index in [1.807, 2.05) is 43.4 Å². The van der Waals surface area contributed by atoms with Gasteiger partial charge >= 0.3 is 0 Å².